The Morgan fingerprint density at radius 1 is 1.43 bits per heavy atom. The molecule has 0 aliphatic carbocycles. The van der Waals surface area contributed by atoms with E-state index in [0.717, 1.165) is 50.4 Å². The second-order valence-corrected chi connectivity index (χ2v) is 6.77. The molecule has 1 atom stereocenters. The second-order valence-electron chi connectivity index (χ2n) is 5.67. The number of hydrogen-bond acceptors (Lipinski definition) is 3. The predicted octanol–water partition coefficient (Wildman–Crippen LogP) is 2.73. The first-order valence-corrected chi connectivity index (χ1v) is 9.03. The number of thioether (sulfide) groups is 1. The van der Waals surface area contributed by atoms with Gasteiger partial charge in [-0.1, -0.05) is 24.3 Å². The predicted molar refractivity (Wildman–Crippen MR) is 90.6 cm³/mol. The van der Waals surface area contributed by atoms with Crippen molar-refractivity contribution in [1.82, 2.24) is 10.6 Å². The van der Waals surface area contributed by atoms with E-state index in [4.69, 9.17) is 0 Å². The van der Waals surface area contributed by atoms with E-state index in [2.05, 4.69) is 41.8 Å². The van der Waals surface area contributed by atoms with Gasteiger partial charge in [0, 0.05) is 18.8 Å². The van der Waals surface area contributed by atoms with Gasteiger partial charge in [0.15, 0.2) is 0 Å². The Morgan fingerprint density at radius 3 is 3.05 bits per heavy atom. The lowest BCUT2D eigenvalue weighted by atomic mass is 9.99. The lowest BCUT2D eigenvalue weighted by Gasteiger charge is -2.21. The molecule has 2 N–H and O–H groups in total. The van der Waals surface area contributed by atoms with Crippen LogP contribution in [0.4, 0.5) is 0 Å². The van der Waals surface area contributed by atoms with E-state index in [1.54, 1.807) is 0 Å². The van der Waals surface area contributed by atoms with Crippen LogP contribution < -0.4 is 10.6 Å². The summed E-state index contributed by atoms with van der Waals surface area (Å²) in [6.07, 6.45) is 3.19. The third kappa shape index (κ3) is 5.71. The minimum atomic E-state index is 0.179. The van der Waals surface area contributed by atoms with Gasteiger partial charge in [-0.15, -0.1) is 0 Å². The molecule has 2 rings (SSSR count). The van der Waals surface area contributed by atoms with Gasteiger partial charge in [-0.05, 0) is 49.6 Å². The Morgan fingerprint density at radius 2 is 2.29 bits per heavy atom. The number of carbonyl (C=O) groups excluding carboxylic acids is 1. The molecule has 4 heteroatoms. The van der Waals surface area contributed by atoms with E-state index < -0.39 is 0 Å². The van der Waals surface area contributed by atoms with Crippen LogP contribution in [0.2, 0.25) is 0 Å². The summed E-state index contributed by atoms with van der Waals surface area (Å²) in [6.45, 7) is 4.86. The van der Waals surface area contributed by atoms with Crippen molar-refractivity contribution in [3.8, 4) is 0 Å². The van der Waals surface area contributed by atoms with E-state index in [9.17, 15) is 4.79 Å². The molecule has 1 fully saturated rings. The van der Waals surface area contributed by atoms with Crippen LogP contribution in [0.5, 0.6) is 0 Å². The fourth-order valence-electron chi connectivity index (χ4n) is 2.56. The van der Waals surface area contributed by atoms with Crippen molar-refractivity contribution in [2.75, 3.05) is 25.4 Å². The van der Waals surface area contributed by atoms with E-state index in [0.29, 0.717) is 0 Å². The number of carbonyl (C=O) groups is 1. The average molecular weight is 306 g/mol. The summed E-state index contributed by atoms with van der Waals surface area (Å²) >= 11 is 1.94. The third-order valence-corrected chi connectivity index (χ3v) is 5.04. The van der Waals surface area contributed by atoms with Gasteiger partial charge in [-0.25, -0.2) is 0 Å². The van der Waals surface area contributed by atoms with Gasteiger partial charge in [0.05, 0.1) is 5.92 Å². The van der Waals surface area contributed by atoms with Crippen LogP contribution in [-0.2, 0) is 10.5 Å². The lowest BCUT2D eigenvalue weighted by molar-refractivity contribution is -0.125. The van der Waals surface area contributed by atoms with Gasteiger partial charge in [0.2, 0.25) is 5.91 Å². The molecule has 0 radical (unpaired) electrons. The summed E-state index contributed by atoms with van der Waals surface area (Å²) < 4.78 is 0. The van der Waals surface area contributed by atoms with Gasteiger partial charge < -0.3 is 10.6 Å². The van der Waals surface area contributed by atoms with E-state index in [-0.39, 0.29) is 11.8 Å². The Bertz CT molecular complexity index is 444. The number of amides is 1. The highest BCUT2D eigenvalue weighted by molar-refractivity contribution is 7.98. The van der Waals surface area contributed by atoms with Gasteiger partial charge in [0.1, 0.15) is 0 Å². The number of nitrogens with one attached hydrogen (secondary N) is 2. The maximum Gasteiger partial charge on any atom is 0.224 e. The molecule has 1 amide bonds. The van der Waals surface area contributed by atoms with Gasteiger partial charge in [-0.3, -0.25) is 4.79 Å². The zero-order valence-corrected chi connectivity index (χ0v) is 13.7. The van der Waals surface area contributed by atoms with E-state index >= 15 is 0 Å². The minimum absolute atomic E-state index is 0.179. The smallest absolute Gasteiger partial charge is 0.224 e. The number of benzene rings is 1. The van der Waals surface area contributed by atoms with E-state index in [1.807, 2.05) is 11.8 Å². The van der Waals surface area contributed by atoms with Crippen molar-refractivity contribution >= 4 is 17.7 Å². The first-order chi connectivity index (χ1) is 10.3. The van der Waals surface area contributed by atoms with Crippen molar-refractivity contribution in [1.29, 1.82) is 0 Å². The van der Waals surface area contributed by atoms with Crippen molar-refractivity contribution in [3.05, 3.63) is 35.4 Å². The fraction of sp³-hybridized carbons (Fsp3) is 0.588. The van der Waals surface area contributed by atoms with Crippen molar-refractivity contribution in [2.24, 2.45) is 5.92 Å². The van der Waals surface area contributed by atoms with Gasteiger partial charge in [-0.2, -0.15) is 11.8 Å². The van der Waals surface area contributed by atoms with Crippen molar-refractivity contribution < 1.29 is 4.79 Å². The topological polar surface area (TPSA) is 41.1 Å². The van der Waals surface area contributed by atoms with Crippen LogP contribution in [0.3, 0.4) is 0 Å². The molecule has 1 aliphatic heterocycles. The highest BCUT2D eigenvalue weighted by atomic mass is 32.2. The molecule has 0 bridgehead atoms. The van der Waals surface area contributed by atoms with Crippen LogP contribution in [-0.4, -0.2) is 31.3 Å². The van der Waals surface area contributed by atoms with Gasteiger partial charge >= 0.3 is 0 Å². The summed E-state index contributed by atoms with van der Waals surface area (Å²) in [7, 11) is 0. The molecular formula is C17H26N2OS. The standard InChI is InChI=1S/C17H26N2OS/c1-14-6-2-3-7-16(14)13-21-11-5-10-19-17(20)15-8-4-9-18-12-15/h2-3,6-7,15,18H,4-5,8-13H2,1H3,(H,19,20). The Kier molecular flexibility index (Phi) is 7.10. The molecule has 3 nitrogen and oxygen atoms in total. The number of rotatable bonds is 7. The normalized spacial score (nSPS) is 18.4. The molecule has 1 aliphatic rings. The first kappa shape index (κ1) is 16.4. The van der Waals surface area contributed by atoms with Crippen LogP contribution in [0.15, 0.2) is 24.3 Å². The Labute approximate surface area is 132 Å². The maximum absolute atomic E-state index is 11.9. The van der Waals surface area contributed by atoms with Crippen molar-refractivity contribution in [3.63, 3.8) is 0 Å². The fourth-order valence-corrected chi connectivity index (χ4v) is 3.60. The highest BCUT2D eigenvalue weighted by Gasteiger charge is 2.19. The molecule has 0 aromatic heterocycles. The molecule has 1 unspecified atom stereocenters. The highest BCUT2D eigenvalue weighted by Crippen LogP contribution is 2.16. The molecule has 1 aromatic rings. The van der Waals surface area contributed by atoms with Crippen LogP contribution >= 0.6 is 11.8 Å². The summed E-state index contributed by atoms with van der Waals surface area (Å²) in [5.74, 6) is 2.56. The Balaban J connectivity index is 1.54. The zero-order chi connectivity index (χ0) is 14.9. The lowest BCUT2D eigenvalue weighted by Crippen LogP contribution is -2.40. The molecule has 0 spiro atoms. The largest absolute Gasteiger partial charge is 0.356 e. The third-order valence-electron chi connectivity index (χ3n) is 3.95. The summed E-state index contributed by atoms with van der Waals surface area (Å²) in [6, 6.07) is 8.54. The molecule has 0 saturated carbocycles. The summed E-state index contributed by atoms with van der Waals surface area (Å²) in [5, 5.41) is 6.36. The number of piperidine rings is 1. The number of aryl methyl sites for hydroxylation is 1. The number of hydrogen-bond donors (Lipinski definition) is 2. The first-order valence-electron chi connectivity index (χ1n) is 7.88. The summed E-state index contributed by atoms with van der Waals surface area (Å²) in [5.41, 5.74) is 2.78. The van der Waals surface area contributed by atoms with Gasteiger partial charge in [0.25, 0.3) is 0 Å². The molecule has 116 valence electrons. The SMILES string of the molecule is Cc1ccccc1CSCCCNC(=O)C1CCCNC1. The second kappa shape index (κ2) is 9.11. The maximum atomic E-state index is 11.9. The van der Waals surface area contributed by atoms with Crippen molar-refractivity contribution in [2.45, 2.75) is 31.9 Å². The molecular weight excluding hydrogens is 280 g/mol. The monoisotopic (exact) mass is 306 g/mol. The molecule has 1 heterocycles. The Hall–Kier alpha value is -1.00. The average Bonchev–Trinajstić information content (AvgIpc) is 2.53. The van der Waals surface area contributed by atoms with E-state index in [1.165, 1.54) is 11.1 Å². The zero-order valence-electron chi connectivity index (χ0n) is 12.9. The molecule has 1 saturated heterocycles. The van der Waals surface area contributed by atoms with Crippen LogP contribution in [0.1, 0.15) is 30.4 Å². The van der Waals surface area contributed by atoms with Crippen LogP contribution in [0, 0.1) is 12.8 Å². The quantitative estimate of drug-likeness (QED) is 0.761. The molecule has 21 heavy (non-hydrogen) atoms. The minimum Gasteiger partial charge on any atom is -0.356 e. The van der Waals surface area contributed by atoms with Crippen LogP contribution in [0.25, 0.3) is 0 Å². The summed E-state index contributed by atoms with van der Waals surface area (Å²) in [4.78, 5) is 11.9. The molecule has 1 aromatic carbocycles.